The molecule has 2 aromatic carbocycles. The quantitative estimate of drug-likeness (QED) is 0.780. The minimum Gasteiger partial charge on any atom is -0.372 e. The molecule has 0 fully saturated rings. The second kappa shape index (κ2) is 8.58. The van der Waals surface area contributed by atoms with E-state index in [4.69, 9.17) is 4.74 Å². The molecule has 2 rings (SSSR count). The largest absolute Gasteiger partial charge is 0.372 e. The highest BCUT2D eigenvalue weighted by Gasteiger charge is 2.30. The Hall–Kier alpha value is -2.73. The summed E-state index contributed by atoms with van der Waals surface area (Å²) in [7, 11) is 1.43. The van der Waals surface area contributed by atoms with Crippen LogP contribution in [0.1, 0.15) is 25.0 Å². The number of anilines is 1. The van der Waals surface area contributed by atoms with Gasteiger partial charge in [0.2, 0.25) is 0 Å². The van der Waals surface area contributed by atoms with Gasteiger partial charge in [0.25, 0.3) is 0 Å². The first-order valence-corrected chi connectivity index (χ1v) is 8.38. The van der Waals surface area contributed by atoms with E-state index >= 15 is 0 Å². The van der Waals surface area contributed by atoms with Crippen LogP contribution < -0.4 is 10.6 Å². The van der Waals surface area contributed by atoms with E-state index in [1.165, 1.54) is 13.2 Å². The van der Waals surface area contributed by atoms with Gasteiger partial charge in [-0.3, -0.25) is 9.59 Å². The predicted octanol–water partition coefficient (Wildman–Crippen LogP) is 3.00. The van der Waals surface area contributed by atoms with Crippen molar-refractivity contribution in [1.29, 1.82) is 0 Å². The van der Waals surface area contributed by atoms with Crippen LogP contribution in [0.4, 0.5) is 10.1 Å². The summed E-state index contributed by atoms with van der Waals surface area (Å²) < 4.78 is 19.5. The molecule has 2 amide bonds. The van der Waals surface area contributed by atoms with Crippen molar-refractivity contribution in [2.45, 2.75) is 25.9 Å². The molecule has 1 unspecified atom stereocenters. The second-order valence-electron chi connectivity index (χ2n) is 6.06. The van der Waals surface area contributed by atoms with Crippen LogP contribution in [0, 0.1) is 5.82 Å². The van der Waals surface area contributed by atoms with E-state index in [1.807, 2.05) is 19.1 Å². The second-order valence-corrected chi connectivity index (χ2v) is 6.06. The average Bonchev–Trinajstić information content (AvgIpc) is 2.66. The molecule has 5 nitrogen and oxygen atoms in total. The van der Waals surface area contributed by atoms with E-state index in [1.54, 1.807) is 37.3 Å². The fourth-order valence-corrected chi connectivity index (χ4v) is 2.63. The van der Waals surface area contributed by atoms with Gasteiger partial charge in [-0.2, -0.15) is 0 Å². The lowest BCUT2D eigenvalue weighted by atomic mass is 9.95. The van der Waals surface area contributed by atoms with Gasteiger partial charge in [-0.25, -0.2) is 4.39 Å². The summed E-state index contributed by atoms with van der Waals surface area (Å²) in [5.74, 6) is -2.03. The molecule has 0 aliphatic heterocycles. The van der Waals surface area contributed by atoms with E-state index in [2.05, 4.69) is 10.6 Å². The van der Waals surface area contributed by atoms with Crippen LogP contribution in [-0.4, -0.2) is 25.5 Å². The Bertz CT molecular complexity index is 794. The number of ether oxygens (including phenoxy) is 1. The number of hydrogen-bond donors (Lipinski definition) is 2. The molecule has 0 heterocycles. The Morgan fingerprint density at radius 1 is 1.08 bits per heavy atom. The number of nitrogens with one attached hydrogen (secondary N) is 2. The minimum atomic E-state index is -1.09. The Kier molecular flexibility index (Phi) is 6.46. The van der Waals surface area contributed by atoms with Crippen molar-refractivity contribution in [1.82, 2.24) is 5.32 Å². The summed E-state index contributed by atoms with van der Waals surface area (Å²) in [6.07, 6.45) is 0.729. The molecule has 0 radical (unpaired) electrons. The zero-order valence-electron chi connectivity index (χ0n) is 15.1. The number of hydrogen-bond acceptors (Lipinski definition) is 3. The molecule has 0 aromatic heterocycles. The van der Waals surface area contributed by atoms with Crippen molar-refractivity contribution >= 4 is 17.5 Å². The van der Waals surface area contributed by atoms with Gasteiger partial charge in [-0.05, 0) is 31.0 Å². The molecular formula is C20H23FN2O3. The Morgan fingerprint density at radius 2 is 1.73 bits per heavy atom. The van der Waals surface area contributed by atoms with Crippen molar-refractivity contribution in [3.8, 4) is 0 Å². The highest BCUT2D eigenvalue weighted by molar-refractivity contribution is 6.39. The summed E-state index contributed by atoms with van der Waals surface area (Å²) in [6.45, 7) is 3.56. The van der Waals surface area contributed by atoms with Crippen LogP contribution in [-0.2, 0) is 26.3 Å². The lowest BCUT2D eigenvalue weighted by Crippen LogP contribution is -2.44. The van der Waals surface area contributed by atoms with E-state index in [-0.39, 0.29) is 6.54 Å². The van der Waals surface area contributed by atoms with Crippen LogP contribution >= 0.6 is 0 Å². The van der Waals surface area contributed by atoms with Crippen molar-refractivity contribution in [2.75, 3.05) is 19.0 Å². The average molecular weight is 358 g/mol. The summed E-state index contributed by atoms with van der Waals surface area (Å²) >= 11 is 0. The molecule has 26 heavy (non-hydrogen) atoms. The number of methoxy groups -OCH3 is 1. The molecular weight excluding hydrogens is 335 g/mol. The molecule has 138 valence electrons. The van der Waals surface area contributed by atoms with E-state index in [0.29, 0.717) is 11.3 Å². The zero-order chi connectivity index (χ0) is 19.2. The molecule has 2 aromatic rings. The summed E-state index contributed by atoms with van der Waals surface area (Å²) in [5.41, 5.74) is 0.739. The number of benzene rings is 2. The first-order chi connectivity index (χ1) is 12.4. The standard InChI is InChI=1S/C20H23FN2O3/c1-4-14-9-5-8-12-17(14)23-19(25)18(24)22-13-20(2,26-3)15-10-6-7-11-16(15)21/h5-12H,4,13H2,1-3H3,(H,22,24)(H,23,25). The Morgan fingerprint density at radius 3 is 2.38 bits per heavy atom. The minimum absolute atomic E-state index is 0.0495. The fourth-order valence-electron chi connectivity index (χ4n) is 2.63. The van der Waals surface area contributed by atoms with Gasteiger partial charge in [-0.15, -0.1) is 0 Å². The zero-order valence-corrected chi connectivity index (χ0v) is 15.1. The van der Waals surface area contributed by atoms with Gasteiger partial charge in [0.15, 0.2) is 0 Å². The fraction of sp³-hybridized carbons (Fsp3) is 0.300. The highest BCUT2D eigenvalue weighted by Crippen LogP contribution is 2.26. The molecule has 0 saturated carbocycles. The lowest BCUT2D eigenvalue weighted by Gasteiger charge is -2.29. The molecule has 0 aliphatic rings. The van der Waals surface area contributed by atoms with Gasteiger partial charge in [-0.1, -0.05) is 43.3 Å². The van der Waals surface area contributed by atoms with Crippen LogP contribution in [0.5, 0.6) is 0 Å². The van der Waals surface area contributed by atoms with Crippen LogP contribution in [0.25, 0.3) is 0 Å². The maximum Gasteiger partial charge on any atom is 0.313 e. The van der Waals surface area contributed by atoms with Gasteiger partial charge in [0, 0.05) is 18.4 Å². The third-order valence-electron chi connectivity index (χ3n) is 4.33. The third kappa shape index (κ3) is 4.46. The number of rotatable bonds is 6. The monoisotopic (exact) mass is 358 g/mol. The van der Waals surface area contributed by atoms with Gasteiger partial charge in [0.05, 0.1) is 6.54 Å². The van der Waals surface area contributed by atoms with Crippen LogP contribution in [0.3, 0.4) is 0 Å². The molecule has 0 saturated heterocycles. The molecule has 0 spiro atoms. The van der Waals surface area contributed by atoms with Gasteiger partial charge >= 0.3 is 11.8 Å². The van der Waals surface area contributed by atoms with Crippen molar-refractivity contribution in [3.05, 3.63) is 65.5 Å². The number of carbonyl (C=O) groups excluding carboxylic acids is 2. The number of para-hydroxylation sites is 1. The van der Waals surface area contributed by atoms with Crippen molar-refractivity contribution < 1.29 is 18.7 Å². The lowest BCUT2D eigenvalue weighted by molar-refractivity contribution is -0.137. The van der Waals surface area contributed by atoms with E-state index < -0.39 is 23.2 Å². The van der Waals surface area contributed by atoms with Crippen LogP contribution in [0.2, 0.25) is 0 Å². The topological polar surface area (TPSA) is 67.4 Å². The maximum atomic E-state index is 14.1. The summed E-state index contributed by atoms with van der Waals surface area (Å²) in [6, 6.07) is 13.4. The molecule has 0 bridgehead atoms. The first kappa shape index (κ1) is 19.6. The van der Waals surface area contributed by atoms with Crippen LogP contribution in [0.15, 0.2) is 48.5 Å². The number of carbonyl (C=O) groups is 2. The highest BCUT2D eigenvalue weighted by atomic mass is 19.1. The normalized spacial score (nSPS) is 12.9. The number of aryl methyl sites for hydroxylation is 1. The smallest absolute Gasteiger partial charge is 0.313 e. The van der Waals surface area contributed by atoms with Crippen molar-refractivity contribution in [3.63, 3.8) is 0 Å². The maximum absolute atomic E-state index is 14.1. The van der Waals surface area contributed by atoms with Crippen molar-refractivity contribution in [2.24, 2.45) is 0 Å². The molecule has 0 aliphatic carbocycles. The number of amides is 2. The predicted molar refractivity (Wildman–Crippen MR) is 98.2 cm³/mol. The molecule has 2 N–H and O–H groups in total. The third-order valence-corrected chi connectivity index (χ3v) is 4.33. The molecule has 6 heteroatoms. The van der Waals surface area contributed by atoms with Gasteiger partial charge < -0.3 is 15.4 Å². The summed E-state index contributed by atoms with van der Waals surface area (Å²) in [4.78, 5) is 24.3. The molecule has 1 atom stereocenters. The SMILES string of the molecule is CCc1ccccc1NC(=O)C(=O)NCC(C)(OC)c1ccccc1F. The first-order valence-electron chi connectivity index (χ1n) is 8.38. The van der Waals surface area contributed by atoms with E-state index in [9.17, 15) is 14.0 Å². The van der Waals surface area contributed by atoms with Gasteiger partial charge in [0.1, 0.15) is 11.4 Å². The number of halogens is 1. The summed E-state index contributed by atoms with van der Waals surface area (Å²) in [5, 5.41) is 5.12. The Balaban J connectivity index is 2.04. The van der Waals surface area contributed by atoms with E-state index in [0.717, 1.165) is 12.0 Å². The Labute approximate surface area is 152 Å².